The molecular weight excluding hydrogens is 264 g/mol. The molecule has 0 aromatic carbocycles. The molecule has 0 bridgehead atoms. The highest BCUT2D eigenvalue weighted by atomic mass is 16.2. The maximum absolute atomic E-state index is 11.1. The summed E-state index contributed by atoms with van der Waals surface area (Å²) in [7, 11) is 0. The second-order valence-electron chi connectivity index (χ2n) is 6.13. The minimum atomic E-state index is -0.0932. The van der Waals surface area contributed by atoms with Gasteiger partial charge in [0.25, 0.3) is 0 Å². The summed E-state index contributed by atoms with van der Waals surface area (Å²) < 4.78 is 0. The van der Waals surface area contributed by atoms with Crippen molar-refractivity contribution in [3.05, 3.63) is 24.3 Å². The Bertz CT molecular complexity index is 418. The van der Waals surface area contributed by atoms with Crippen LogP contribution in [-0.2, 0) is 9.59 Å². The number of allylic oxidation sites excluding steroid dienone is 4. The van der Waals surface area contributed by atoms with E-state index in [1.54, 1.807) is 0 Å². The molecule has 0 aromatic rings. The summed E-state index contributed by atoms with van der Waals surface area (Å²) in [5.74, 6) is 1.60. The maximum atomic E-state index is 11.1. The molecule has 2 amide bonds. The lowest BCUT2D eigenvalue weighted by Gasteiger charge is -2.18. The number of hydrogen-bond donors (Lipinski definition) is 2. The fraction of sp³-hybridized carbons (Fsp3) is 0.647. The summed E-state index contributed by atoms with van der Waals surface area (Å²) in [5.41, 5.74) is 0. The van der Waals surface area contributed by atoms with Crippen LogP contribution in [-0.4, -0.2) is 24.9 Å². The minimum absolute atomic E-state index is 0. The first-order valence-corrected chi connectivity index (χ1v) is 7.61. The van der Waals surface area contributed by atoms with Crippen LogP contribution < -0.4 is 10.6 Å². The molecule has 2 aliphatic carbocycles. The van der Waals surface area contributed by atoms with Crippen LogP contribution in [0.2, 0.25) is 0 Å². The van der Waals surface area contributed by atoms with Gasteiger partial charge >= 0.3 is 0 Å². The Kier molecular flexibility index (Phi) is 5.34. The highest BCUT2D eigenvalue weighted by molar-refractivity contribution is 6.05. The van der Waals surface area contributed by atoms with Crippen molar-refractivity contribution in [3.8, 4) is 0 Å². The monoisotopic (exact) mass is 290 g/mol. The Balaban J connectivity index is 0.000000149. The first-order chi connectivity index (χ1) is 9.75. The van der Waals surface area contributed by atoms with E-state index in [4.69, 9.17) is 0 Å². The quantitative estimate of drug-likeness (QED) is 0.530. The van der Waals surface area contributed by atoms with Crippen LogP contribution in [0.4, 0.5) is 0 Å². The van der Waals surface area contributed by atoms with Crippen molar-refractivity contribution >= 4 is 11.8 Å². The molecule has 0 aromatic heterocycles. The summed E-state index contributed by atoms with van der Waals surface area (Å²) in [6.07, 6.45) is 12.7. The van der Waals surface area contributed by atoms with Gasteiger partial charge in [-0.2, -0.15) is 0 Å². The number of carbonyl (C=O) groups is 2. The SMILES string of the molecule is C.C1=CCC2CNCC2C1.O=C1NC(=O)[C@@H]2CC=CC[C@H]12. The van der Waals surface area contributed by atoms with E-state index in [9.17, 15) is 9.59 Å². The van der Waals surface area contributed by atoms with Gasteiger partial charge in [0.2, 0.25) is 11.8 Å². The molecule has 2 saturated heterocycles. The number of hydrogen-bond acceptors (Lipinski definition) is 3. The maximum Gasteiger partial charge on any atom is 0.230 e. The third kappa shape index (κ3) is 3.43. The van der Waals surface area contributed by atoms with Gasteiger partial charge in [-0.1, -0.05) is 31.7 Å². The van der Waals surface area contributed by atoms with Gasteiger partial charge < -0.3 is 5.32 Å². The zero-order valence-corrected chi connectivity index (χ0v) is 11.7. The molecule has 4 heteroatoms. The fourth-order valence-electron chi connectivity index (χ4n) is 3.58. The average molecular weight is 290 g/mol. The zero-order valence-electron chi connectivity index (χ0n) is 11.7. The van der Waals surface area contributed by atoms with Crippen LogP contribution in [0.5, 0.6) is 0 Å². The number of fused-ring (bicyclic) bond motifs is 2. The van der Waals surface area contributed by atoms with E-state index in [1.165, 1.54) is 25.9 Å². The molecule has 2 heterocycles. The van der Waals surface area contributed by atoms with E-state index in [2.05, 4.69) is 22.8 Å². The summed E-state index contributed by atoms with van der Waals surface area (Å²) in [6.45, 7) is 2.52. The zero-order chi connectivity index (χ0) is 13.9. The third-order valence-corrected chi connectivity index (χ3v) is 4.88. The van der Waals surface area contributed by atoms with E-state index in [0.717, 1.165) is 24.7 Å². The Morgan fingerprint density at radius 1 is 0.762 bits per heavy atom. The fourth-order valence-corrected chi connectivity index (χ4v) is 3.58. The second-order valence-corrected chi connectivity index (χ2v) is 6.13. The molecule has 116 valence electrons. The number of imide groups is 1. The molecular formula is C17H26N2O2. The minimum Gasteiger partial charge on any atom is -0.316 e. The van der Waals surface area contributed by atoms with Crippen molar-refractivity contribution in [1.29, 1.82) is 0 Å². The Labute approximate surface area is 127 Å². The molecule has 0 spiro atoms. The number of nitrogens with one attached hydrogen (secondary N) is 2. The van der Waals surface area contributed by atoms with Crippen LogP contribution in [0.25, 0.3) is 0 Å². The van der Waals surface area contributed by atoms with Crippen LogP contribution in [0, 0.1) is 23.7 Å². The Morgan fingerprint density at radius 3 is 1.67 bits per heavy atom. The molecule has 2 aliphatic heterocycles. The summed E-state index contributed by atoms with van der Waals surface area (Å²) >= 11 is 0. The van der Waals surface area contributed by atoms with Crippen molar-refractivity contribution in [3.63, 3.8) is 0 Å². The van der Waals surface area contributed by atoms with Gasteiger partial charge in [0.1, 0.15) is 0 Å². The number of rotatable bonds is 0. The van der Waals surface area contributed by atoms with Gasteiger partial charge in [-0.15, -0.1) is 0 Å². The summed E-state index contributed by atoms with van der Waals surface area (Å²) in [4.78, 5) is 22.1. The summed E-state index contributed by atoms with van der Waals surface area (Å²) in [6, 6.07) is 0. The first kappa shape index (κ1) is 16.0. The van der Waals surface area contributed by atoms with Gasteiger partial charge in [0.05, 0.1) is 11.8 Å². The normalized spacial score (nSPS) is 36.0. The molecule has 2 N–H and O–H groups in total. The van der Waals surface area contributed by atoms with Crippen LogP contribution >= 0.6 is 0 Å². The molecule has 0 saturated carbocycles. The van der Waals surface area contributed by atoms with E-state index >= 15 is 0 Å². The third-order valence-electron chi connectivity index (χ3n) is 4.88. The predicted molar refractivity (Wildman–Crippen MR) is 83.5 cm³/mol. The van der Waals surface area contributed by atoms with Gasteiger partial charge in [-0.25, -0.2) is 0 Å². The lowest BCUT2D eigenvalue weighted by atomic mass is 9.85. The highest BCUT2D eigenvalue weighted by Gasteiger charge is 2.40. The van der Waals surface area contributed by atoms with Crippen molar-refractivity contribution in [2.75, 3.05) is 13.1 Å². The topological polar surface area (TPSA) is 58.2 Å². The number of carbonyl (C=O) groups excluding carboxylic acids is 2. The van der Waals surface area contributed by atoms with E-state index in [-0.39, 0.29) is 31.1 Å². The van der Waals surface area contributed by atoms with Crippen LogP contribution in [0.15, 0.2) is 24.3 Å². The molecule has 2 unspecified atom stereocenters. The van der Waals surface area contributed by atoms with Crippen LogP contribution in [0.3, 0.4) is 0 Å². The van der Waals surface area contributed by atoms with Gasteiger partial charge in [0, 0.05) is 0 Å². The van der Waals surface area contributed by atoms with Crippen molar-refractivity contribution < 1.29 is 9.59 Å². The van der Waals surface area contributed by atoms with E-state index in [0.29, 0.717) is 0 Å². The van der Waals surface area contributed by atoms with Crippen molar-refractivity contribution in [1.82, 2.24) is 10.6 Å². The van der Waals surface area contributed by atoms with Gasteiger partial charge in [-0.05, 0) is 50.6 Å². The van der Waals surface area contributed by atoms with E-state index < -0.39 is 0 Å². The lowest BCUT2D eigenvalue weighted by molar-refractivity contribution is -0.126. The van der Waals surface area contributed by atoms with Gasteiger partial charge in [-0.3, -0.25) is 14.9 Å². The van der Waals surface area contributed by atoms with Gasteiger partial charge in [0.15, 0.2) is 0 Å². The molecule has 4 aliphatic rings. The molecule has 4 rings (SSSR count). The Hall–Kier alpha value is -1.42. The molecule has 4 nitrogen and oxygen atoms in total. The molecule has 2 fully saturated rings. The second kappa shape index (κ2) is 7.03. The Morgan fingerprint density at radius 2 is 1.19 bits per heavy atom. The van der Waals surface area contributed by atoms with E-state index in [1.807, 2.05) is 12.2 Å². The molecule has 0 radical (unpaired) electrons. The molecule has 21 heavy (non-hydrogen) atoms. The first-order valence-electron chi connectivity index (χ1n) is 7.61. The standard InChI is InChI=1S/C8H9NO2.C8H13N.CH4/c10-7-5-3-1-2-4-6(5)8(11)9-7;1-2-4-8-6-9-5-7(8)3-1;/h1-2,5-6H,3-4H2,(H,9,10,11);1-2,7-9H,3-6H2;1H4/t5-,6+;;. The number of amides is 2. The van der Waals surface area contributed by atoms with Crippen molar-refractivity contribution in [2.24, 2.45) is 23.7 Å². The lowest BCUT2D eigenvalue weighted by Crippen LogP contribution is -2.21. The highest BCUT2D eigenvalue weighted by Crippen LogP contribution is 2.29. The largest absolute Gasteiger partial charge is 0.316 e. The predicted octanol–water partition coefficient (Wildman–Crippen LogP) is 2.03. The smallest absolute Gasteiger partial charge is 0.230 e. The van der Waals surface area contributed by atoms with Crippen LogP contribution in [0.1, 0.15) is 33.1 Å². The van der Waals surface area contributed by atoms with Crippen molar-refractivity contribution in [2.45, 2.75) is 33.1 Å². The summed E-state index contributed by atoms with van der Waals surface area (Å²) in [5, 5.41) is 5.77. The average Bonchev–Trinajstić information content (AvgIpc) is 3.06. The molecule has 4 atom stereocenters.